The maximum atomic E-state index is 13.2. The number of fused-ring (bicyclic) bond motifs is 3. The van der Waals surface area contributed by atoms with Crippen molar-refractivity contribution in [3.8, 4) is 11.1 Å². The molecule has 0 aliphatic heterocycles. The molecule has 0 heterocycles. The van der Waals surface area contributed by atoms with Gasteiger partial charge in [0.1, 0.15) is 5.92 Å². The zero-order valence-corrected chi connectivity index (χ0v) is 18.5. The monoisotopic (exact) mass is 443 g/mol. The van der Waals surface area contributed by atoms with Crippen molar-refractivity contribution in [1.82, 2.24) is 0 Å². The first-order valence-electron chi connectivity index (χ1n) is 10.4. The predicted molar refractivity (Wildman–Crippen MR) is 120 cm³/mol. The molecule has 3 aromatic carbocycles. The van der Waals surface area contributed by atoms with Crippen molar-refractivity contribution in [3.05, 3.63) is 107 Å². The molecule has 4 rings (SSSR count). The fraction of sp³-hybridized carbons (Fsp3) is 0.185. The van der Waals surface area contributed by atoms with Gasteiger partial charge in [-0.05, 0) is 52.6 Å². The van der Waals surface area contributed by atoms with Gasteiger partial charge in [0.05, 0.1) is 25.7 Å². The van der Waals surface area contributed by atoms with E-state index in [9.17, 15) is 14.7 Å². The second-order valence-electron chi connectivity index (χ2n) is 7.62. The summed E-state index contributed by atoms with van der Waals surface area (Å²) in [7, 11) is 3.87. The van der Waals surface area contributed by atoms with E-state index in [-0.39, 0.29) is 5.57 Å². The van der Waals surface area contributed by atoms with Crippen LogP contribution in [0.1, 0.15) is 38.9 Å². The highest BCUT2D eigenvalue weighted by atomic mass is 16.6. The second kappa shape index (κ2) is 9.20. The Labute approximate surface area is 192 Å². The summed E-state index contributed by atoms with van der Waals surface area (Å²) in [4.78, 5) is 25.0. The van der Waals surface area contributed by atoms with Crippen molar-refractivity contribution >= 4 is 11.9 Å². The summed E-state index contributed by atoms with van der Waals surface area (Å²) in [5, 5.41) is 13.2. The lowest BCUT2D eigenvalue weighted by Crippen LogP contribution is -2.26. The van der Waals surface area contributed by atoms with Crippen LogP contribution >= 0.6 is 0 Å². The van der Waals surface area contributed by atoms with E-state index < -0.39 is 29.7 Å². The Bertz CT molecular complexity index is 1180. The number of rotatable bonds is 6. The van der Waals surface area contributed by atoms with Crippen LogP contribution in [-0.4, -0.2) is 33.3 Å². The Morgan fingerprint density at radius 3 is 1.79 bits per heavy atom. The van der Waals surface area contributed by atoms with E-state index >= 15 is 0 Å². The van der Waals surface area contributed by atoms with E-state index in [1.165, 1.54) is 21.3 Å². The van der Waals surface area contributed by atoms with Crippen molar-refractivity contribution in [2.75, 3.05) is 21.3 Å². The average molecular weight is 443 g/mol. The molecule has 1 aliphatic carbocycles. The number of hydrogen-bond donors (Lipinski definition) is 0. The van der Waals surface area contributed by atoms with Gasteiger partial charge >= 0.3 is 11.9 Å². The molecule has 0 amide bonds. The van der Waals surface area contributed by atoms with Gasteiger partial charge in [-0.3, -0.25) is 4.79 Å². The van der Waals surface area contributed by atoms with Crippen LogP contribution in [0.5, 0.6) is 0 Å². The van der Waals surface area contributed by atoms with Gasteiger partial charge in [-0.15, -0.1) is 0 Å². The molecule has 1 aliphatic rings. The summed E-state index contributed by atoms with van der Waals surface area (Å²) < 4.78 is 15.0. The summed E-state index contributed by atoms with van der Waals surface area (Å²) in [5.41, 5.74) is 4.94. The van der Waals surface area contributed by atoms with Gasteiger partial charge in [0.2, 0.25) is 0 Å². The van der Waals surface area contributed by atoms with E-state index in [4.69, 9.17) is 14.2 Å². The van der Waals surface area contributed by atoms with Crippen LogP contribution in [0.15, 0.2) is 84.3 Å². The highest BCUT2D eigenvalue weighted by molar-refractivity contribution is 5.90. The van der Waals surface area contributed by atoms with Gasteiger partial charge in [0.15, 0.2) is 0 Å². The van der Waals surface area contributed by atoms with Crippen LogP contribution in [-0.2, 0) is 19.0 Å². The van der Waals surface area contributed by atoms with Crippen molar-refractivity contribution in [2.24, 2.45) is 0 Å². The standard InChI is InChI=1S/C27H24O6/c1-31-25(28)17-14-12-16(13-15-17)22(26(29)32-2)24(27(30)33-3)23-20-10-6-4-8-18(20)19-9-5-7-11-21(19)23/h4-15,22-23,30H,1-3H3/p-1/b27-24+. The number of ether oxygens (including phenoxy) is 3. The number of hydrogen-bond acceptors (Lipinski definition) is 6. The van der Waals surface area contributed by atoms with Gasteiger partial charge in [0.25, 0.3) is 0 Å². The molecular formula is C27H23O6-. The Balaban J connectivity index is 1.92. The largest absolute Gasteiger partial charge is 0.617 e. The number of benzene rings is 3. The van der Waals surface area contributed by atoms with E-state index in [1.807, 2.05) is 48.5 Å². The Morgan fingerprint density at radius 2 is 1.30 bits per heavy atom. The third-order valence-electron chi connectivity index (χ3n) is 5.98. The molecule has 33 heavy (non-hydrogen) atoms. The van der Waals surface area contributed by atoms with Gasteiger partial charge in [0, 0.05) is 5.92 Å². The molecule has 0 bridgehead atoms. The van der Waals surface area contributed by atoms with Gasteiger partial charge in [-0.2, -0.15) is 0 Å². The SMILES string of the molecule is COC(=O)c1ccc(C(C(=O)OC)/C(=C(/[O-])OC)C2c3ccccc3-c3ccccc32)cc1. The summed E-state index contributed by atoms with van der Waals surface area (Å²) in [6.07, 6.45) is 0. The van der Waals surface area contributed by atoms with Crippen molar-refractivity contribution in [1.29, 1.82) is 0 Å². The molecule has 6 nitrogen and oxygen atoms in total. The molecule has 0 aromatic heterocycles. The maximum Gasteiger partial charge on any atom is 0.337 e. The number of methoxy groups -OCH3 is 3. The van der Waals surface area contributed by atoms with E-state index in [0.717, 1.165) is 22.3 Å². The Morgan fingerprint density at radius 1 is 0.758 bits per heavy atom. The minimum atomic E-state index is -1.03. The normalized spacial score (nSPS) is 13.9. The van der Waals surface area contributed by atoms with E-state index in [2.05, 4.69) is 0 Å². The molecular weight excluding hydrogens is 420 g/mol. The van der Waals surface area contributed by atoms with Crippen LogP contribution in [0.25, 0.3) is 11.1 Å². The maximum absolute atomic E-state index is 13.2. The summed E-state index contributed by atoms with van der Waals surface area (Å²) >= 11 is 0. The van der Waals surface area contributed by atoms with Gasteiger partial charge < -0.3 is 19.3 Å². The molecule has 3 aromatic rings. The lowest BCUT2D eigenvalue weighted by Gasteiger charge is -2.29. The second-order valence-corrected chi connectivity index (χ2v) is 7.62. The fourth-order valence-corrected chi connectivity index (χ4v) is 4.50. The zero-order chi connectivity index (χ0) is 23.5. The zero-order valence-electron chi connectivity index (χ0n) is 18.5. The molecule has 0 N–H and O–H groups in total. The van der Waals surface area contributed by atoms with Crippen molar-refractivity contribution in [3.63, 3.8) is 0 Å². The lowest BCUT2D eigenvalue weighted by molar-refractivity contribution is -0.355. The molecule has 0 fully saturated rings. The molecule has 0 saturated carbocycles. The van der Waals surface area contributed by atoms with Crippen LogP contribution in [0, 0.1) is 0 Å². The summed E-state index contributed by atoms with van der Waals surface area (Å²) in [6.45, 7) is 0. The van der Waals surface area contributed by atoms with Crippen molar-refractivity contribution in [2.45, 2.75) is 11.8 Å². The fourth-order valence-electron chi connectivity index (χ4n) is 4.50. The Kier molecular flexibility index (Phi) is 6.18. The molecule has 0 spiro atoms. The first kappa shape index (κ1) is 22.1. The molecule has 0 saturated heterocycles. The van der Waals surface area contributed by atoms with Gasteiger partial charge in [-0.1, -0.05) is 60.7 Å². The average Bonchev–Trinajstić information content (AvgIpc) is 3.20. The molecule has 1 unspecified atom stereocenters. The Hall–Kier alpha value is -4.06. The van der Waals surface area contributed by atoms with E-state index in [1.54, 1.807) is 24.3 Å². The smallest absolute Gasteiger partial charge is 0.337 e. The minimum absolute atomic E-state index is 0.257. The van der Waals surface area contributed by atoms with Gasteiger partial charge in [-0.25, -0.2) is 4.79 Å². The minimum Gasteiger partial charge on any atom is -0.617 e. The third-order valence-corrected chi connectivity index (χ3v) is 5.98. The molecule has 6 heteroatoms. The topological polar surface area (TPSA) is 84.9 Å². The number of carbonyl (C=O) groups excluding carboxylic acids is 2. The highest BCUT2D eigenvalue weighted by Crippen LogP contribution is 2.51. The summed E-state index contributed by atoms with van der Waals surface area (Å²) in [6, 6.07) is 22.0. The number of esters is 2. The molecule has 168 valence electrons. The van der Waals surface area contributed by atoms with E-state index in [0.29, 0.717) is 11.1 Å². The first-order valence-corrected chi connectivity index (χ1v) is 10.4. The van der Waals surface area contributed by atoms with Crippen LogP contribution in [0.3, 0.4) is 0 Å². The predicted octanol–water partition coefficient (Wildman–Crippen LogP) is 3.76. The van der Waals surface area contributed by atoms with Crippen LogP contribution < -0.4 is 5.11 Å². The van der Waals surface area contributed by atoms with Crippen LogP contribution in [0.4, 0.5) is 0 Å². The lowest BCUT2D eigenvalue weighted by atomic mass is 9.79. The molecule has 1 atom stereocenters. The quantitative estimate of drug-likeness (QED) is 0.426. The van der Waals surface area contributed by atoms with Crippen molar-refractivity contribution < 1.29 is 28.9 Å². The molecule has 0 radical (unpaired) electrons. The highest BCUT2D eigenvalue weighted by Gasteiger charge is 2.38. The summed E-state index contributed by atoms with van der Waals surface area (Å²) in [5.74, 6) is -3.21. The van der Waals surface area contributed by atoms with Crippen LogP contribution in [0.2, 0.25) is 0 Å². The first-order chi connectivity index (χ1) is 16.0. The number of carbonyl (C=O) groups is 2. The third kappa shape index (κ3) is 3.84.